The summed E-state index contributed by atoms with van der Waals surface area (Å²) in [4.78, 5) is 4.50. The summed E-state index contributed by atoms with van der Waals surface area (Å²) in [5.41, 5.74) is 5.76. The Hall–Kier alpha value is -2.93. The monoisotopic (exact) mass is 297 g/mol. The van der Waals surface area contributed by atoms with Crippen molar-refractivity contribution in [3.8, 4) is 0 Å². The second-order valence-electron chi connectivity index (χ2n) is 5.45. The molecule has 3 aromatic carbocycles. The molecule has 0 aliphatic heterocycles. The molecule has 3 rings (SSSR count). The van der Waals surface area contributed by atoms with Gasteiger partial charge in [-0.3, -0.25) is 4.99 Å². The first-order valence-electron chi connectivity index (χ1n) is 7.74. The highest BCUT2D eigenvalue weighted by molar-refractivity contribution is 5.83. The summed E-state index contributed by atoms with van der Waals surface area (Å²) in [5.74, 6) is 0. The summed E-state index contributed by atoms with van der Waals surface area (Å²) in [5, 5.41) is 0. The fraction of sp³-hybridized carbons (Fsp3) is 0.0455. The van der Waals surface area contributed by atoms with E-state index in [0.717, 1.165) is 11.3 Å². The van der Waals surface area contributed by atoms with Crippen LogP contribution in [0.15, 0.2) is 83.9 Å². The fourth-order valence-corrected chi connectivity index (χ4v) is 2.37. The molecule has 0 N–H and O–H groups in total. The van der Waals surface area contributed by atoms with E-state index < -0.39 is 0 Å². The SMILES string of the molecule is Cc1ccccc1/C=C/c1cccc(C=Nc2ccccc2)c1. The number of para-hydroxylation sites is 1. The lowest BCUT2D eigenvalue weighted by atomic mass is 10.1. The van der Waals surface area contributed by atoms with Crippen LogP contribution in [0.2, 0.25) is 0 Å². The van der Waals surface area contributed by atoms with E-state index in [1.54, 1.807) is 0 Å². The third kappa shape index (κ3) is 4.27. The number of hydrogen-bond donors (Lipinski definition) is 0. The van der Waals surface area contributed by atoms with E-state index in [-0.39, 0.29) is 0 Å². The Kier molecular flexibility index (Phi) is 4.80. The molecule has 0 fully saturated rings. The Balaban J connectivity index is 1.78. The predicted molar refractivity (Wildman–Crippen MR) is 100 cm³/mol. The fourth-order valence-electron chi connectivity index (χ4n) is 2.37. The van der Waals surface area contributed by atoms with Crippen LogP contribution >= 0.6 is 0 Å². The average molecular weight is 297 g/mol. The first kappa shape index (κ1) is 15.0. The van der Waals surface area contributed by atoms with Crippen LogP contribution in [0.3, 0.4) is 0 Å². The molecule has 0 spiro atoms. The molecular formula is C22H19N. The molecule has 0 bridgehead atoms. The standard InChI is InChI=1S/C22H19N/c1-18-8-5-6-11-21(18)15-14-19-9-7-10-20(16-19)17-23-22-12-3-2-4-13-22/h2-17H,1H3/b15-14+,23-17?. The van der Waals surface area contributed by atoms with E-state index in [9.17, 15) is 0 Å². The van der Waals surface area contributed by atoms with E-state index in [0.29, 0.717) is 0 Å². The van der Waals surface area contributed by atoms with Gasteiger partial charge in [0.1, 0.15) is 0 Å². The van der Waals surface area contributed by atoms with Gasteiger partial charge in [-0.05, 0) is 47.4 Å². The molecule has 0 unspecified atom stereocenters. The molecule has 0 heterocycles. The van der Waals surface area contributed by atoms with Gasteiger partial charge in [0.2, 0.25) is 0 Å². The minimum absolute atomic E-state index is 0.966. The average Bonchev–Trinajstić information content (AvgIpc) is 2.61. The normalized spacial score (nSPS) is 11.3. The van der Waals surface area contributed by atoms with E-state index >= 15 is 0 Å². The van der Waals surface area contributed by atoms with Crippen LogP contribution < -0.4 is 0 Å². The van der Waals surface area contributed by atoms with E-state index in [2.05, 4.69) is 72.6 Å². The van der Waals surface area contributed by atoms with Crippen molar-refractivity contribution in [3.05, 3.63) is 101 Å². The highest BCUT2D eigenvalue weighted by Gasteiger charge is 1.94. The van der Waals surface area contributed by atoms with Crippen molar-refractivity contribution in [2.75, 3.05) is 0 Å². The van der Waals surface area contributed by atoms with Crippen LogP contribution in [0, 0.1) is 6.92 Å². The first-order chi connectivity index (χ1) is 11.3. The van der Waals surface area contributed by atoms with Gasteiger partial charge in [0.05, 0.1) is 5.69 Å². The minimum Gasteiger partial charge on any atom is -0.256 e. The molecule has 0 aromatic heterocycles. The summed E-state index contributed by atoms with van der Waals surface area (Å²) < 4.78 is 0. The molecule has 0 saturated heterocycles. The van der Waals surface area contributed by atoms with Gasteiger partial charge >= 0.3 is 0 Å². The smallest absolute Gasteiger partial charge is 0.0629 e. The number of aryl methyl sites for hydroxylation is 1. The van der Waals surface area contributed by atoms with Gasteiger partial charge < -0.3 is 0 Å². The van der Waals surface area contributed by atoms with Crippen molar-refractivity contribution in [3.63, 3.8) is 0 Å². The largest absolute Gasteiger partial charge is 0.256 e. The molecule has 23 heavy (non-hydrogen) atoms. The molecule has 1 nitrogen and oxygen atoms in total. The lowest BCUT2D eigenvalue weighted by molar-refractivity contribution is 1.45. The molecule has 0 atom stereocenters. The Bertz CT molecular complexity index is 829. The highest BCUT2D eigenvalue weighted by atomic mass is 14.7. The minimum atomic E-state index is 0.966. The summed E-state index contributed by atoms with van der Waals surface area (Å²) in [7, 11) is 0. The Morgan fingerprint density at radius 2 is 1.43 bits per heavy atom. The van der Waals surface area contributed by atoms with E-state index in [4.69, 9.17) is 0 Å². The zero-order chi connectivity index (χ0) is 15.9. The van der Waals surface area contributed by atoms with Crippen molar-refractivity contribution in [2.45, 2.75) is 6.92 Å². The number of benzene rings is 3. The first-order valence-corrected chi connectivity index (χ1v) is 7.74. The van der Waals surface area contributed by atoms with Gasteiger partial charge in [-0.1, -0.05) is 72.8 Å². The number of nitrogens with zero attached hydrogens (tertiary/aromatic N) is 1. The second-order valence-corrected chi connectivity index (χ2v) is 5.45. The van der Waals surface area contributed by atoms with Gasteiger partial charge in [0.25, 0.3) is 0 Å². The highest BCUT2D eigenvalue weighted by Crippen LogP contribution is 2.14. The molecule has 0 amide bonds. The summed E-state index contributed by atoms with van der Waals surface area (Å²) >= 11 is 0. The maximum atomic E-state index is 4.50. The van der Waals surface area contributed by atoms with Crippen LogP contribution in [0.5, 0.6) is 0 Å². The van der Waals surface area contributed by atoms with Crippen LogP contribution in [0.1, 0.15) is 22.3 Å². The lowest BCUT2D eigenvalue weighted by Gasteiger charge is -2.00. The van der Waals surface area contributed by atoms with Crippen LogP contribution in [-0.2, 0) is 0 Å². The number of hydrogen-bond acceptors (Lipinski definition) is 1. The molecule has 0 radical (unpaired) electrons. The Labute approximate surface area is 137 Å². The van der Waals surface area contributed by atoms with E-state index in [1.807, 2.05) is 36.5 Å². The van der Waals surface area contributed by atoms with Crippen LogP contribution in [0.25, 0.3) is 12.2 Å². The molecule has 112 valence electrons. The second kappa shape index (κ2) is 7.37. The number of rotatable bonds is 4. The maximum absolute atomic E-state index is 4.50. The quantitative estimate of drug-likeness (QED) is 0.419. The van der Waals surface area contributed by atoms with Crippen LogP contribution in [0.4, 0.5) is 5.69 Å². The van der Waals surface area contributed by atoms with Crippen molar-refractivity contribution < 1.29 is 0 Å². The van der Waals surface area contributed by atoms with Gasteiger partial charge in [-0.2, -0.15) is 0 Å². The predicted octanol–water partition coefficient (Wildman–Crippen LogP) is 5.92. The Morgan fingerprint density at radius 1 is 0.696 bits per heavy atom. The van der Waals surface area contributed by atoms with Crippen molar-refractivity contribution in [1.29, 1.82) is 0 Å². The van der Waals surface area contributed by atoms with Crippen molar-refractivity contribution in [2.24, 2.45) is 4.99 Å². The van der Waals surface area contributed by atoms with Crippen molar-refractivity contribution >= 4 is 24.1 Å². The molecule has 0 aliphatic rings. The maximum Gasteiger partial charge on any atom is 0.0629 e. The van der Waals surface area contributed by atoms with Crippen molar-refractivity contribution in [1.82, 2.24) is 0 Å². The summed E-state index contributed by atoms with van der Waals surface area (Å²) in [6.45, 7) is 2.13. The summed E-state index contributed by atoms with van der Waals surface area (Å²) in [6, 6.07) is 26.7. The zero-order valence-electron chi connectivity index (χ0n) is 13.2. The Morgan fingerprint density at radius 3 is 2.26 bits per heavy atom. The van der Waals surface area contributed by atoms with Crippen LogP contribution in [-0.4, -0.2) is 6.21 Å². The van der Waals surface area contributed by atoms with E-state index in [1.165, 1.54) is 16.7 Å². The van der Waals surface area contributed by atoms with Gasteiger partial charge in [0, 0.05) is 6.21 Å². The lowest BCUT2D eigenvalue weighted by Crippen LogP contribution is -1.82. The zero-order valence-corrected chi connectivity index (χ0v) is 13.2. The number of aliphatic imine (C=N–C) groups is 1. The molecular weight excluding hydrogens is 278 g/mol. The molecule has 3 aromatic rings. The van der Waals surface area contributed by atoms with Gasteiger partial charge in [0.15, 0.2) is 0 Å². The molecule has 1 heteroatoms. The van der Waals surface area contributed by atoms with Gasteiger partial charge in [-0.25, -0.2) is 0 Å². The topological polar surface area (TPSA) is 12.4 Å². The molecule has 0 saturated carbocycles. The third-order valence-electron chi connectivity index (χ3n) is 3.67. The van der Waals surface area contributed by atoms with Gasteiger partial charge in [-0.15, -0.1) is 0 Å². The third-order valence-corrected chi connectivity index (χ3v) is 3.67. The molecule has 0 aliphatic carbocycles. The summed E-state index contributed by atoms with van der Waals surface area (Å²) in [6.07, 6.45) is 6.20.